The Labute approximate surface area is 179 Å². The first-order valence-electron chi connectivity index (χ1n) is 10.8. The summed E-state index contributed by atoms with van der Waals surface area (Å²) in [7, 11) is 0. The molecule has 1 aliphatic carbocycles. The predicted molar refractivity (Wildman–Crippen MR) is 116 cm³/mol. The summed E-state index contributed by atoms with van der Waals surface area (Å²) in [6.07, 6.45) is 4.00. The van der Waals surface area contributed by atoms with E-state index in [1.807, 2.05) is 24.4 Å². The normalized spacial score (nSPS) is 23.4. The van der Waals surface area contributed by atoms with Crippen molar-refractivity contribution in [2.24, 2.45) is 5.92 Å². The molecule has 9 heteroatoms. The number of aromatic amines is 1. The molecule has 1 saturated heterocycles. The van der Waals surface area contributed by atoms with E-state index in [0.717, 1.165) is 29.0 Å². The molecule has 2 unspecified atom stereocenters. The van der Waals surface area contributed by atoms with Gasteiger partial charge in [0.25, 0.3) is 0 Å². The summed E-state index contributed by atoms with van der Waals surface area (Å²) >= 11 is 0. The molecular formula is C22H26F2N6O. The fourth-order valence-corrected chi connectivity index (χ4v) is 4.48. The van der Waals surface area contributed by atoms with Gasteiger partial charge in [0.1, 0.15) is 17.3 Å². The number of hydrogen-bond donors (Lipinski definition) is 2. The van der Waals surface area contributed by atoms with Gasteiger partial charge >= 0.3 is 0 Å². The number of aromatic nitrogens is 4. The summed E-state index contributed by atoms with van der Waals surface area (Å²) in [6, 6.07) is 5.95. The van der Waals surface area contributed by atoms with E-state index in [9.17, 15) is 8.78 Å². The lowest BCUT2D eigenvalue weighted by atomic mass is 10.1. The van der Waals surface area contributed by atoms with Gasteiger partial charge in [0.05, 0.1) is 19.3 Å². The van der Waals surface area contributed by atoms with Crippen molar-refractivity contribution in [2.75, 3.05) is 36.5 Å². The zero-order valence-corrected chi connectivity index (χ0v) is 17.4. The Bertz CT molecular complexity index is 1070. The van der Waals surface area contributed by atoms with E-state index in [1.54, 1.807) is 6.20 Å². The third-order valence-corrected chi connectivity index (χ3v) is 6.15. The lowest BCUT2D eigenvalue weighted by Crippen LogP contribution is -2.44. The van der Waals surface area contributed by atoms with Crippen molar-refractivity contribution < 1.29 is 13.5 Å². The zero-order chi connectivity index (χ0) is 21.4. The van der Waals surface area contributed by atoms with Crippen LogP contribution in [0.1, 0.15) is 26.2 Å². The van der Waals surface area contributed by atoms with Crippen molar-refractivity contribution in [1.29, 1.82) is 0 Å². The van der Waals surface area contributed by atoms with Gasteiger partial charge < -0.3 is 19.9 Å². The average Bonchev–Trinajstić information content (AvgIpc) is 3.38. The summed E-state index contributed by atoms with van der Waals surface area (Å²) in [5.41, 5.74) is 1.65. The van der Waals surface area contributed by atoms with Gasteiger partial charge in [-0.15, -0.1) is 0 Å². The minimum Gasteiger partial charge on any atom is -0.377 e. The SMILES string of the molecule is CC1COCCN1c1cc(NCC2CCC(F)(F)C2)nc(-c2ccnc3[nH]ccc23)n1. The molecule has 1 aliphatic heterocycles. The van der Waals surface area contributed by atoms with Crippen LogP contribution in [0.5, 0.6) is 0 Å². The van der Waals surface area contributed by atoms with Crippen LogP contribution in [-0.2, 0) is 4.74 Å². The van der Waals surface area contributed by atoms with Crippen LogP contribution in [0.25, 0.3) is 22.4 Å². The Morgan fingerprint density at radius 1 is 1.32 bits per heavy atom. The molecule has 3 aromatic rings. The van der Waals surface area contributed by atoms with Crippen LogP contribution in [-0.4, -0.2) is 58.2 Å². The molecule has 0 bridgehead atoms. The molecule has 164 valence electrons. The van der Waals surface area contributed by atoms with Gasteiger partial charge in [0.15, 0.2) is 5.82 Å². The van der Waals surface area contributed by atoms with Crippen LogP contribution < -0.4 is 10.2 Å². The number of nitrogens with zero attached hydrogens (tertiary/aromatic N) is 4. The van der Waals surface area contributed by atoms with Crippen molar-refractivity contribution in [3.63, 3.8) is 0 Å². The molecule has 7 nitrogen and oxygen atoms in total. The van der Waals surface area contributed by atoms with Crippen LogP contribution in [0.2, 0.25) is 0 Å². The summed E-state index contributed by atoms with van der Waals surface area (Å²) in [6.45, 7) is 4.59. The van der Waals surface area contributed by atoms with E-state index in [-0.39, 0.29) is 24.8 Å². The molecule has 31 heavy (non-hydrogen) atoms. The van der Waals surface area contributed by atoms with E-state index in [2.05, 4.69) is 27.1 Å². The quantitative estimate of drug-likeness (QED) is 0.637. The highest BCUT2D eigenvalue weighted by Crippen LogP contribution is 2.39. The number of nitrogens with one attached hydrogen (secondary N) is 2. The second kappa shape index (κ2) is 8.03. The lowest BCUT2D eigenvalue weighted by molar-refractivity contribution is 0.00556. The summed E-state index contributed by atoms with van der Waals surface area (Å²) in [5.74, 6) is -0.567. The van der Waals surface area contributed by atoms with E-state index in [4.69, 9.17) is 14.7 Å². The third-order valence-electron chi connectivity index (χ3n) is 6.15. The molecule has 2 aliphatic rings. The highest BCUT2D eigenvalue weighted by Gasteiger charge is 2.39. The first-order chi connectivity index (χ1) is 15.0. The fraction of sp³-hybridized carbons (Fsp3) is 0.500. The Balaban J connectivity index is 1.49. The number of H-pyrrole nitrogens is 1. The molecule has 1 saturated carbocycles. The zero-order valence-electron chi connectivity index (χ0n) is 17.4. The smallest absolute Gasteiger partial charge is 0.248 e. The van der Waals surface area contributed by atoms with Gasteiger partial charge in [-0.1, -0.05) is 0 Å². The molecule has 3 aromatic heterocycles. The molecule has 0 amide bonds. The van der Waals surface area contributed by atoms with E-state index in [0.29, 0.717) is 37.8 Å². The maximum absolute atomic E-state index is 13.6. The highest BCUT2D eigenvalue weighted by molar-refractivity contribution is 5.91. The number of ether oxygens (including phenoxy) is 1. The maximum Gasteiger partial charge on any atom is 0.248 e. The number of hydrogen-bond acceptors (Lipinski definition) is 6. The first-order valence-corrected chi connectivity index (χ1v) is 10.8. The van der Waals surface area contributed by atoms with Gasteiger partial charge in [-0.2, -0.15) is 0 Å². The van der Waals surface area contributed by atoms with Crippen molar-refractivity contribution in [1.82, 2.24) is 19.9 Å². The average molecular weight is 428 g/mol. The third kappa shape index (κ3) is 4.19. The number of halogens is 2. The fourth-order valence-electron chi connectivity index (χ4n) is 4.48. The topological polar surface area (TPSA) is 79.0 Å². The molecule has 2 N–H and O–H groups in total. The summed E-state index contributed by atoms with van der Waals surface area (Å²) in [5, 5.41) is 4.25. The van der Waals surface area contributed by atoms with Crippen molar-refractivity contribution in [3.8, 4) is 11.4 Å². The standard InChI is InChI=1S/C22H26F2N6O/c1-14-13-31-9-8-30(14)19-10-18(27-12-15-2-5-22(23,24)11-15)28-21(29-19)17-4-7-26-20-16(17)3-6-25-20/h3-4,6-7,10,14-15H,2,5,8-9,11-13H2,1H3,(H,25,26)(H,27,28,29). The van der Waals surface area contributed by atoms with Crippen LogP contribution in [0.15, 0.2) is 30.6 Å². The van der Waals surface area contributed by atoms with Crippen LogP contribution in [0, 0.1) is 5.92 Å². The Hall–Kier alpha value is -2.81. The van der Waals surface area contributed by atoms with Crippen molar-refractivity contribution in [3.05, 3.63) is 30.6 Å². The predicted octanol–water partition coefficient (Wildman–Crippen LogP) is 4.09. The Morgan fingerprint density at radius 3 is 3.03 bits per heavy atom. The Kier molecular flexibility index (Phi) is 5.21. The maximum atomic E-state index is 13.6. The molecule has 0 radical (unpaired) electrons. The first kappa shape index (κ1) is 20.1. The van der Waals surface area contributed by atoms with E-state index >= 15 is 0 Å². The minimum absolute atomic E-state index is 0.0343. The van der Waals surface area contributed by atoms with Gasteiger partial charge in [-0.05, 0) is 31.4 Å². The van der Waals surface area contributed by atoms with Gasteiger partial charge in [0.2, 0.25) is 5.92 Å². The molecule has 0 aromatic carbocycles. The summed E-state index contributed by atoms with van der Waals surface area (Å²) in [4.78, 5) is 19.3. The number of rotatable bonds is 5. The number of anilines is 2. The number of fused-ring (bicyclic) bond motifs is 1. The number of morpholine rings is 1. The minimum atomic E-state index is -2.55. The van der Waals surface area contributed by atoms with E-state index in [1.165, 1.54) is 0 Å². The van der Waals surface area contributed by atoms with Gasteiger partial charge in [0, 0.05) is 55.3 Å². The molecule has 5 rings (SSSR count). The molecular weight excluding hydrogens is 402 g/mol. The van der Waals surface area contributed by atoms with Crippen molar-refractivity contribution in [2.45, 2.75) is 38.2 Å². The van der Waals surface area contributed by atoms with Crippen LogP contribution in [0.3, 0.4) is 0 Å². The second-order valence-electron chi connectivity index (χ2n) is 8.50. The van der Waals surface area contributed by atoms with Crippen LogP contribution in [0.4, 0.5) is 20.4 Å². The molecule has 2 fully saturated rings. The van der Waals surface area contributed by atoms with Gasteiger partial charge in [-0.25, -0.2) is 23.7 Å². The molecule has 4 heterocycles. The molecule has 0 spiro atoms. The van der Waals surface area contributed by atoms with Crippen molar-refractivity contribution >= 4 is 22.7 Å². The highest BCUT2D eigenvalue weighted by atomic mass is 19.3. The largest absolute Gasteiger partial charge is 0.377 e. The van der Waals surface area contributed by atoms with E-state index < -0.39 is 5.92 Å². The molecule has 2 atom stereocenters. The number of pyridine rings is 1. The number of alkyl halides is 2. The van der Waals surface area contributed by atoms with Crippen LogP contribution >= 0.6 is 0 Å². The Morgan fingerprint density at radius 2 is 2.23 bits per heavy atom. The monoisotopic (exact) mass is 428 g/mol. The van der Waals surface area contributed by atoms with Gasteiger partial charge in [-0.3, -0.25) is 0 Å². The second-order valence-corrected chi connectivity index (χ2v) is 8.50. The lowest BCUT2D eigenvalue weighted by Gasteiger charge is -2.34. The summed E-state index contributed by atoms with van der Waals surface area (Å²) < 4.78 is 32.8.